The van der Waals surface area contributed by atoms with Crippen LogP contribution in [0.3, 0.4) is 0 Å². The third kappa shape index (κ3) is 4.41. The van der Waals surface area contributed by atoms with E-state index in [2.05, 4.69) is 20.5 Å². The normalized spacial score (nSPS) is 15.0. The van der Waals surface area contributed by atoms with Gasteiger partial charge in [0.15, 0.2) is 11.6 Å². The van der Waals surface area contributed by atoms with E-state index in [-0.39, 0.29) is 11.9 Å². The lowest BCUT2D eigenvalue weighted by atomic mass is 10.0. The Morgan fingerprint density at radius 1 is 1.16 bits per heavy atom. The number of hydrogen-bond acceptors (Lipinski definition) is 6. The van der Waals surface area contributed by atoms with Gasteiger partial charge >= 0.3 is 0 Å². The van der Waals surface area contributed by atoms with E-state index in [1.165, 1.54) is 6.07 Å². The lowest BCUT2D eigenvalue weighted by Gasteiger charge is -2.28. The second kappa shape index (κ2) is 8.81. The molecule has 1 aliphatic rings. The minimum Gasteiger partial charge on any atom is -0.378 e. The molecule has 0 bridgehead atoms. The third-order valence-corrected chi connectivity index (χ3v) is 5.26. The number of nitrogens with one attached hydrogen (secondary N) is 2. The number of amides is 1. The number of carbonyl (C=O) groups excluding carboxylic acids is 1. The lowest BCUT2D eigenvalue weighted by molar-refractivity contribution is 0.0963. The van der Waals surface area contributed by atoms with E-state index in [4.69, 9.17) is 9.72 Å². The SMILES string of the molecule is CNC(=O)c1cc(C(C)Nc2ccc(F)c(F)c2)c2nc(N3CCOCC3)cnc2c1. The topological polar surface area (TPSA) is 79.4 Å². The molecule has 7 nitrogen and oxygen atoms in total. The molecule has 1 fully saturated rings. The van der Waals surface area contributed by atoms with Crippen LogP contribution in [-0.2, 0) is 4.74 Å². The maximum absolute atomic E-state index is 13.7. The monoisotopic (exact) mass is 427 g/mol. The van der Waals surface area contributed by atoms with Crippen LogP contribution in [-0.4, -0.2) is 49.2 Å². The van der Waals surface area contributed by atoms with E-state index in [1.54, 1.807) is 25.4 Å². The van der Waals surface area contributed by atoms with Crippen LogP contribution in [0.2, 0.25) is 0 Å². The number of halogens is 2. The van der Waals surface area contributed by atoms with Crippen molar-refractivity contribution in [3.63, 3.8) is 0 Å². The Labute approximate surface area is 178 Å². The molecule has 2 aromatic carbocycles. The molecule has 1 unspecified atom stereocenters. The van der Waals surface area contributed by atoms with Crippen molar-refractivity contribution >= 4 is 28.4 Å². The van der Waals surface area contributed by atoms with Crippen molar-refractivity contribution in [2.45, 2.75) is 13.0 Å². The van der Waals surface area contributed by atoms with Crippen LogP contribution in [0.1, 0.15) is 28.9 Å². The van der Waals surface area contributed by atoms with Gasteiger partial charge in [0.1, 0.15) is 5.82 Å². The van der Waals surface area contributed by atoms with Gasteiger partial charge in [0.05, 0.1) is 36.5 Å². The molecule has 0 radical (unpaired) electrons. The number of hydrogen-bond donors (Lipinski definition) is 2. The number of carbonyl (C=O) groups is 1. The number of benzene rings is 2. The summed E-state index contributed by atoms with van der Waals surface area (Å²) in [5.74, 6) is -1.37. The zero-order chi connectivity index (χ0) is 22.0. The van der Waals surface area contributed by atoms with Crippen LogP contribution in [0.5, 0.6) is 0 Å². The van der Waals surface area contributed by atoms with Crippen LogP contribution in [0.4, 0.5) is 20.3 Å². The summed E-state index contributed by atoms with van der Waals surface area (Å²) in [5.41, 5.74) is 2.80. The molecule has 1 saturated heterocycles. The summed E-state index contributed by atoms with van der Waals surface area (Å²) in [7, 11) is 1.56. The van der Waals surface area contributed by atoms with E-state index in [9.17, 15) is 13.6 Å². The Kier molecular flexibility index (Phi) is 5.94. The molecule has 162 valence electrons. The van der Waals surface area contributed by atoms with Crippen molar-refractivity contribution < 1.29 is 18.3 Å². The van der Waals surface area contributed by atoms with Crippen molar-refractivity contribution in [3.05, 3.63) is 59.3 Å². The summed E-state index contributed by atoms with van der Waals surface area (Å²) in [4.78, 5) is 23.8. The molecule has 1 atom stereocenters. The highest BCUT2D eigenvalue weighted by Gasteiger charge is 2.19. The number of anilines is 2. The number of fused-ring (bicyclic) bond motifs is 1. The third-order valence-electron chi connectivity index (χ3n) is 5.26. The molecule has 31 heavy (non-hydrogen) atoms. The molecule has 2 N–H and O–H groups in total. The zero-order valence-corrected chi connectivity index (χ0v) is 17.3. The molecule has 2 heterocycles. The number of rotatable bonds is 5. The maximum Gasteiger partial charge on any atom is 0.251 e. The molecule has 0 saturated carbocycles. The van der Waals surface area contributed by atoms with Crippen molar-refractivity contribution in [2.75, 3.05) is 43.6 Å². The molecule has 3 aromatic rings. The van der Waals surface area contributed by atoms with Gasteiger partial charge in [-0.25, -0.2) is 13.8 Å². The van der Waals surface area contributed by atoms with Crippen LogP contribution >= 0.6 is 0 Å². The summed E-state index contributed by atoms with van der Waals surface area (Å²) in [6.45, 7) is 4.54. The molecule has 1 amide bonds. The van der Waals surface area contributed by atoms with Gasteiger partial charge in [0.25, 0.3) is 5.91 Å². The first-order valence-electron chi connectivity index (χ1n) is 10.0. The highest BCUT2D eigenvalue weighted by Crippen LogP contribution is 2.29. The zero-order valence-electron chi connectivity index (χ0n) is 17.3. The summed E-state index contributed by atoms with van der Waals surface area (Å²) in [6, 6.07) is 6.71. The van der Waals surface area contributed by atoms with Crippen molar-refractivity contribution in [1.82, 2.24) is 15.3 Å². The first-order valence-corrected chi connectivity index (χ1v) is 10.0. The van der Waals surface area contributed by atoms with Gasteiger partial charge in [0, 0.05) is 43.0 Å². The molecule has 4 rings (SSSR count). The van der Waals surface area contributed by atoms with Crippen molar-refractivity contribution in [2.24, 2.45) is 0 Å². The fraction of sp³-hybridized carbons (Fsp3) is 0.318. The number of nitrogens with zero attached hydrogens (tertiary/aromatic N) is 3. The van der Waals surface area contributed by atoms with E-state index < -0.39 is 11.6 Å². The highest BCUT2D eigenvalue weighted by molar-refractivity contribution is 5.98. The fourth-order valence-corrected chi connectivity index (χ4v) is 3.60. The minimum atomic E-state index is -0.935. The Morgan fingerprint density at radius 2 is 1.94 bits per heavy atom. The van der Waals surface area contributed by atoms with Gasteiger partial charge in [0.2, 0.25) is 0 Å². The Balaban J connectivity index is 1.76. The van der Waals surface area contributed by atoms with Gasteiger partial charge in [-0.1, -0.05) is 0 Å². The Morgan fingerprint density at radius 3 is 2.65 bits per heavy atom. The maximum atomic E-state index is 13.7. The molecular formula is C22H23F2N5O2. The lowest BCUT2D eigenvalue weighted by Crippen LogP contribution is -2.36. The average Bonchev–Trinajstić information content (AvgIpc) is 2.80. The number of aromatic nitrogens is 2. The highest BCUT2D eigenvalue weighted by atomic mass is 19.2. The van der Waals surface area contributed by atoms with Crippen LogP contribution in [0, 0.1) is 11.6 Å². The first kappa shape index (κ1) is 20.9. The molecule has 9 heteroatoms. The molecule has 0 spiro atoms. The minimum absolute atomic E-state index is 0.248. The summed E-state index contributed by atoms with van der Waals surface area (Å²) >= 11 is 0. The standard InChI is InChI=1S/C22H23F2N5O2/c1-13(27-15-3-4-17(23)18(24)11-15)16-9-14(22(30)25-2)10-19-21(16)28-20(12-26-19)29-5-7-31-8-6-29/h3-4,9-13,27H,5-8H2,1-2H3,(H,25,30). The quantitative estimate of drug-likeness (QED) is 0.651. The van der Waals surface area contributed by atoms with Gasteiger partial charge in [-0.05, 0) is 31.2 Å². The molecular weight excluding hydrogens is 404 g/mol. The van der Waals surface area contributed by atoms with E-state index in [0.717, 1.165) is 23.5 Å². The smallest absolute Gasteiger partial charge is 0.251 e. The van der Waals surface area contributed by atoms with Crippen molar-refractivity contribution in [3.8, 4) is 0 Å². The number of ether oxygens (including phenoxy) is 1. The average molecular weight is 427 g/mol. The first-order chi connectivity index (χ1) is 15.0. The van der Waals surface area contributed by atoms with E-state index in [1.807, 2.05) is 6.92 Å². The molecule has 0 aliphatic carbocycles. The summed E-state index contributed by atoms with van der Waals surface area (Å²) in [6.07, 6.45) is 1.69. The van der Waals surface area contributed by atoms with Gasteiger partial charge < -0.3 is 20.3 Å². The molecule has 1 aromatic heterocycles. The van der Waals surface area contributed by atoms with Crippen LogP contribution in [0.15, 0.2) is 36.5 Å². The second-order valence-corrected chi connectivity index (χ2v) is 7.33. The number of morpholine rings is 1. The second-order valence-electron chi connectivity index (χ2n) is 7.33. The van der Waals surface area contributed by atoms with Gasteiger partial charge in [-0.3, -0.25) is 9.78 Å². The van der Waals surface area contributed by atoms with Crippen LogP contribution in [0.25, 0.3) is 11.0 Å². The molecule has 1 aliphatic heterocycles. The predicted molar refractivity (Wildman–Crippen MR) is 114 cm³/mol. The largest absolute Gasteiger partial charge is 0.378 e. The van der Waals surface area contributed by atoms with Crippen molar-refractivity contribution in [1.29, 1.82) is 0 Å². The summed E-state index contributed by atoms with van der Waals surface area (Å²) < 4.78 is 32.4. The van der Waals surface area contributed by atoms with Gasteiger partial charge in [-0.15, -0.1) is 0 Å². The fourth-order valence-electron chi connectivity index (χ4n) is 3.60. The predicted octanol–water partition coefficient (Wildman–Crippen LogP) is 3.28. The van der Waals surface area contributed by atoms with Gasteiger partial charge in [-0.2, -0.15) is 0 Å². The van der Waals surface area contributed by atoms with Crippen LogP contribution < -0.4 is 15.5 Å². The van der Waals surface area contributed by atoms with E-state index >= 15 is 0 Å². The Hall–Kier alpha value is -3.33. The summed E-state index contributed by atoms with van der Waals surface area (Å²) in [5, 5.41) is 5.78. The van der Waals surface area contributed by atoms with E-state index in [0.29, 0.717) is 48.6 Å². The Bertz CT molecular complexity index is 1120.